The van der Waals surface area contributed by atoms with Gasteiger partial charge in [-0.3, -0.25) is 9.59 Å². The number of carbonyl (C=O) groups excluding carboxylic acids is 2. The van der Waals surface area contributed by atoms with Gasteiger partial charge in [0.2, 0.25) is 11.8 Å². The van der Waals surface area contributed by atoms with Crippen molar-refractivity contribution < 1.29 is 9.59 Å². The van der Waals surface area contributed by atoms with Gasteiger partial charge < -0.3 is 10.6 Å². The summed E-state index contributed by atoms with van der Waals surface area (Å²) >= 11 is 0. The Labute approximate surface area is 141 Å². The molecule has 5 nitrogen and oxygen atoms in total. The first kappa shape index (κ1) is 17.2. The highest BCUT2D eigenvalue weighted by atomic mass is 16.2. The summed E-state index contributed by atoms with van der Waals surface area (Å²) in [6.45, 7) is 4.08. The van der Waals surface area contributed by atoms with Crippen LogP contribution in [0.1, 0.15) is 37.3 Å². The van der Waals surface area contributed by atoms with Gasteiger partial charge >= 0.3 is 0 Å². The number of nitrogens with zero attached hydrogens (tertiary/aromatic N) is 1. The fourth-order valence-electron chi connectivity index (χ4n) is 2.34. The molecule has 0 aliphatic carbocycles. The number of rotatable bonds is 5. The molecule has 2 aromatic rings. The molecule has 0 saturated heterocycles. The van der Waals surface area contributed by atoms with Crippen LogP contribution in [0.5, 0.6) is 0 Å². The Morgan fingerprint density at radius 1 is 0.958 bits per heavy atom. The van der Waals surface area contributed by atoms with Crippen molar-refractivity contribution in [3.63, 3.8) is 0 Å². The van der Waals surface area contributed by atoms with Gasteiger partial charge in [0.25, 0.3) is 0 Å². The maximum Gasteiger partial charge on any atom is 0.233 e. The number of anilines is 2. The summed E-state index contributed by atoms with van der Waals surface area (Å²) in [7, 11) is 0. The van der Waals surface area contributed by atoms with Gasteiger partial charge in [0, 0.05) is 5.69 Å². The molecule has 5 heteroatoms. The second-order valence-corrected chi connectivity index (χ2v) is 5.67. The second kappa shape index (κ2) is 7.93. The zero-order valence-electron chi connectivity index (χ0n) is 13.7. The number of hydrogen-bond acceptors (Lipinski definition) is 3. The Morgan fingerprint density at radius 2 is 1.50 bits per heavy atom. The molecule has 0 radical (unpaired) electrons. The summed E-state index contributed by atoms with van der Waals surface area (Å²) in [5.74, 6) is -0.593. The third-order valence-electron chi connectivity index (χ3n) is 3.50. The van der Waals surface area contributed by atoms with E-state index < -0.39 is 11.8 Å². The van der Waals surface area contributed by atoms with Gasteiger partial charge in [0.15, 0.2) is 0 Å². The Hall–Kier alpha value is -3.13. The molecule has 2 aromatic carbocycles. The zero-order chi connectivity index (χ0) is 17.5. The fraction of sp³-hybridized carbons (Fsp3) is 0.211. The first-order valence-corrected chi connectivity index (χ1v) is 7.69. The number of hydrogen-bond donors (Lipinski definition) is 2. The summed E-state index contributed by atoms with van der Waals surface area (Å²) in [5, 5.41) is 14.4. The van der Waals surface area contributed by atoms with E-state index in [-0.39, 0.29) is 12.3 Å². The normalized spacial score (nSPS) is 10.1. The lowest BCUT2D eigenvalue weighted by molar-refractivity contribution is -0.123. The summed E-state index contributed by atoms with van der Waals surface area (Å²) < 4.78 is 0. The zero-order valence-corrected chi connectivity index (χ0v) is 13.7. The van der Waals surface area contributed by atoms with Crippen LogP contribution in [0, 0.1) is 11.3 Å². The number of amides is 2. The van der Waals surface area contributed by atoms with Gasteiger partial charge in [-0.2, -0.15) is 5.26 Å². The fourth-order valence-corrected chi connectivity index (χ4v) is 2.34. The Morgan fingerprint density at radius 3 is 2.12 bits per heavy atom. The smallest absolute Gasteiger partial charge is 0.233 e. The van der Waals surface area contributed by atoms with Crippen LogP contribution in [0.15, 0.2) is 48.5 Å². The molecule has 0 heterocycles. The Kier molecular flexibility index (Phi) is 5.69. The summed E-state index contributed by atoms with van der Waals surface area (Å²) in [5.41, 5.74) is 2.49. The first-order valence-electron chi connectivity index (χ1n) is 7.69. The molecule has 2 rings (SSSR count). The van der Waals surface area contributed by atoms with Crippen LogP contribution < -0.4 is 10.6 Å². The van der Waals surface area contributed by atoms with E-state index in [1.54, 1.807) is 24.3 Å². The van der Waals surface area contributed by atoms with E-state index in [2.05, 4.69) is 10.6 Å². The van der Waals surface area contributed by atoms with Crippen LogP contribution in [0.4, 0.5) is 11.4 Å². The molecule has 2 N–H and O–H groups in total. The molecular weight excluding hydrogens is 302 g/mol. The highest BCUT2D eigenvalue weighted by Gasteiger charge is 2.14. The molecule has 0 bridgehead atoms. The predicted molar refractivity (Wildman–Crippen MR) is 93.6 cm³/mol. The maximum atomic E-state index is 12.1. The standard InChI is InChI=1S/C19H19N3O2/c1-13(2)15-8-4-6-10-17(15)22-19(24)11-18(23)21-16-9-5-3-7-14(16)12-20/h3-10,13H,11H2,1-2H3,(H,21,23)(H,22,24). The van der Waals surface area contributed by atoms with Crippen molar-refractivity contribution in [3.8, 4) is 6.07 Å². The summed E-state index contributed by atoms with van der Waals surface area (Å²) in [6.07, 6.45) is -0.313. The lowest BCUT2D eigenvalue weighted by atomic mass is 10.0. The molecule has 24 heavy (non-hydrogen) atoms. The first-order chi connectivity index (χ1) is 11.5. The van der Waals surface area contributed by atoms with Crippen molar-refractivity contribution in [2.75, 3.05) is 10.6 Å². The Bertz CT molecular complexity index is 791. The topological polar surface area (TPSA) is 82.0 Å². The van der Waals surface area contributed by atoms with Crippen molar-refractivity contribution in [2.45, 2.75) is 26.2 Å². The van der Waals surface area contributed by atoms with Crippen molar-refractivity contribution in [2.24, 2.45) is 0 Å². The SMILES string of the molecule is CC(C)c1ccccc1NC(=O)CC(=O)Nc1ccccc1C#N. The summed E-state index contributed by atoms with van der Waals surface area (Å²) in [4.78, 5) is 24.1. The van der Waals surface area contributed by atoms with E-state index in [0.717, 1.165) is 5.56 Å². The van der Waals surface area contributed by atoms with Crippen LogP contribution in [-0.2, 0) is 9.59 Å². The third-order valence-corrected chi connectivity index (χ3v) is 3.50. The van der Waals surface area contributed by atoms with E-state index in [1.807, 2.05) is 44.2 Å². The predicted octanol–water partition coefficient (Wildman–Crippen LogP) is 3.65. The van der Waals surface area contributed by atoms with Crippen LogP contribution >= 0.6 is 0 Å². The maximum absolute atomic E-state index is 12.1. The van der Waals surface area contributed by atoms with Crippen molar-refractivity contribution >= 4 is 23.2 Å². The molecule has 0 aromatic heterocycles. The van der Waals surface area contributed by atoms with E-state index in [0.29, 0.717) is 16.9 Å². The number of benzene rings is 2. The van der Waals surface area contributed by atoms with Crippen LogP contribution in [0.25, 0.3) is 0 Å². The molecular formula is C19H19N3O2. The molecule has 0 atom stereocenters. The van der Waals surface area contributed by atoms with Gasteiger partial charge in [-0.25, -0.2) is 0 Å². The molecule has 2 amide bonds. The summed E-state index contributed by atoms with van der Waals surface area (Å²) in [6, 6.07) is 16.2. The third kappa shape index (κ3) is 4.43. The van der Waals surface area contributed by atoms with E-state index in [9.17, 15) is 9.59 Å². The van der Waals surface area contributed by atoms with Crippen LogP contribution in [0.2, 0.25) is 0 Å². The monoisotopic (exact) mass is 321 g/mol. The second-order valence-electron chi connectivity index (χ2n) is 5.67. The minimum Gasteiger partial charge on any atom is -0.325 e. The molecule has 0 aliphatic rings. The van der Waals surface area contributed by atoms with Gasteiger partial charge in [0.05, 0.1) is 11.3 Å². The van der Waals surface area contributed by atoms with Gasteiger partial charge in [-0.15, -0.1) is 0 Å². The van der Waals surface area contributed by atoms with Crippen molar-refractivity contribution in [1.29, 1.82) is 5.26 Å². The van der Waals surface area contributed by atoms with Crippen molar-refractivity contribution in [1.82, 2.24) is 0 Å². The largest absolute Gasteiger partial charge is 0.325 e. The Balaban J connectivity index is 2.00. The highest BCUT2D eigenvalue weighted by Crippen LogP contribution is 2.23. The minimum absolute atomic E-state index is 0.262. The average molecular weight is 321 g/mol. The lowest BCUT2D eigenvalue weighted by Crippen LogP contribution is -2.22. The van der Waals surface area contributed by atoms with Crippen LogP contribution in [0.3, 0.4) is 0 Å². The number of nitriles is 1. The molecule has 122 valence electrons. The molecule has 0 aliphatic heterocycles. The van der Waals surface area contributed by atoms with Crippen LogP contribution in [-0.4, -0.2) is 11.8 Å². The van der Waals surface area contributed by atoms with E-state index in [1.165, 1.54) is 0 Å². The quantitative estimate of drug-likeness (QED) is 0.825. The van der Waals surface area contributed by atoms with Gasteiger partial charge in [-0.1, -0.05) is 44.2 Å². The van der Waals surface area contributed by atoms with Crippen molar-refractivity contribution in [3.05, 3.63) is 59.7 Å². The van der Waals surface area contributed by atoms with E-state index >= 15 is 0 Å². The van der Waals surface area contributed by atoms with Gasteiger partial charge in [-0.05, 0) is 29.7 Å². The van der Waals surface area contributed by atoms with Gasteiger partial charge in [0.1, 0.15) is 12.5 Å². The molecule has 0 spiro atoms. The highest BCUT2D eigenvalue weighted by molar-refractivity contribution is 6.08. The lowest BCUT2D eigenvalue weighted by Gasteiger charge is -2.13. The molecule has 0 saturated carbocycles. The number of para-hydroxylation sites is 2. The molecule has 0 fully saturated rings. The minimum atomic E-state index is -0.461. The van der Waals surface area contributed by atoms with E-state index in [4.69, 9.17) is 5.26 Å². The number of carbonyl (C=O) groups is 2. The average Bonchev–Trinajstić information content (AvgIpc) is 2.55. The number of nitrogens with one attached hydrogen (secondary N) is 2. The molecule has 0 unspecified atom stereocenters.